The summed E-state index contributed by atoms with van der Waals surface area (Å²) < 4.78 is 0.496. The molecule has 4 nitrogen and oxygen atoms in total. The lowest BCUT2D eigenvalue weighted by atomic mass is 10.2. The van der Waals surface area contributed by atoms with Gasteiger partial charge in [0, 0.05) is 6.20 Å². The third kappa shape index (κ3) is 2.44. The van der Waals surface area contributed by atoms with E-state index in [0.29, 0.717) is 22.4 Å². The van der Waals surface area contributed by atoms with Gasteiger partial charge in [0.05, 0.1) is 5.69 Å². The minimum absolute atomic E-state index is 0.172. The van der Waals surface area contributed by atoms with E-state index in [1.54, 1.807) is 6.20 Å². The van der Waals surface area contributed by atoms with Gasteiger partial charge in [-0.15, -0.1) is 0 Å². The van der Waals surface area contributed by atoms with Crippen LogP contribution < -0.4 is 5.56 Å². The molecule has 0 saturated heterocycles. The van der Waals surface area contributed by atoms with Gasteiger partial charge in [-0.2, -0.15) is 0 Å². The van der Waals surface area contributed by atoms with E-state index >= 15 is 0 Å². The molecule has 0 radical (unpaired) electrons. The number of halogens is 1. The van der Waals surface area contributed by atoms with Crippen LogP contribution in [0.5, 0.6) is 0 Å². The van der Waals surface area contributed by atoms with E-state index in [-0.39, 0.29) is 5.56 Å². The molecule has 0 saturated carbocycles. The van der Waals surface area contributed by atoms with Crippen molar-refractivity contribution in [2.45, 2.75) is 20.3 Å². The minimum Gasteiger partial charge on any atom is -0.304 e. The monoisotopic (exact) mass is 293 g/mol. The van der Waals surface area contributed by atoms with Crippen LogP contribution in [-0.2, 0) is 6.42 Å². The van der Waals surface area contributed by atoms with E-state index in [4.69, 9.17) is 0 Å². The number of nitrogens with zero attached hydrogens (tertiary/aromatic N) is 2. The van der Waals surface area contributed by atoms with Crippen molar-refractivity contribution in [3.8, 4) is 11.5 Å². The summed E-state index contributed by atoms with van der Waals surface area (Å²) in [4.78, 5) is 23.0. The molecule has 0 fully saturated rings. The summed E-state index contributed by atoms with van der Waals surface area (Å²) in [6, 6.07) is 3.79. The fourth-order valence-corrected chi connectivity index (χ4v) is 1.94. The van der Waals surface area contributed by atoms with Crippen LogP contribution in [0.1, 0.15) is 18.2 Å². The number of nitrogens with one attached hydrogen (secondary N) is 1. The summed E-state index contributed by atoms with van der Waals surface area (Å²) in [7, 11) is 0. The summed E-state index contributed by atoms with van der Waals surface area (Å²) in [5, 5.41) is 0. The standard InChI is InChI=1S/C12H12BrN3O/c1-3-8-10(13)12(17)16-11(15-8)9-5-4-7(2)6-14-9/h4-6H,3H2,1-2H3,(H,15,16,17). The molecule has 0 atom stereocenters. The van der Waals surface area contributed by atoms with Crippen LogP contribution in [0.4, 0.5) is 0 Å². The molecule has 0 spiro atoms. The smallest absolute Gasteiger partial charge is 0.265 e. The van der Waals surface area contributed by atoms with Gasteiger partial charge in [0.2, 0.25) is 0 Å². The maximum atomic E-state index is 11.7. The molecule has 5 heteroatoms. The Morgan fingerprint density at radius 1 is 1.41 bits per heavy atom. The molecule has 0 aliphatic heterocycles. The second-order valence-corrected chi connectivity index (χ2v) is 4.54. The number of aromatic nitrogens is 3. The molecule has 2 aromatic rings. The molecule has 1 N–H and O–H groups in total. The molecule has 2 aromatic heterocycles. The highest BCUT2D eigenvalue weighted by Crippen LogP contribution is 2.15. The number of H-pyrrole nitrogens is 1. The number of aromatic amines is 1. The highest BCUT2D eigenvalue weighted by Gasteiger charge is 2.09. The van der Waals surface area contributed by atoms with E-state index in [2.05, 4.69) is 30.9 Å². The first kappa shape index (κ1) is 12.0. The molecule has 2 heterocycles. The van der Waals surface area contributed by atoms with Crippen molar-refractivity contribution in [2.24, 2.45) is 0 Å². The second kappa shape index (κ2) is 4.79. The lowest BCUT2D eigenvalue weighted by molar-refractivity contribution is 0.963. The molecule has 2 rings (SSSR count). The average Bonchev–Trinajstić information content (AvgIpc) is 2.33. The predicted octanol–water partition coefficient (Wildman–Crippen LogP) is 2.47. The molecule has 88 valence electrons. The van der Waals surface area contributed by atoms with Crippen molar-refractivity contribution in [3.05, 3.63) is 44.4 Å². The van der Waals surface area contributed by atoms with Gasteiger partial charge in [-0.3, -0.25) is 9.78 Å². The summed E-state index contributed by atoms with van der Waals surface area (Å²) in [5.41, 5.74) is 2.32. The van der Waals surface area contributed by atoms with E-state index in [1.807, 2.05) is 26.0 Å². The van der Waals surface area contributed by atoms with Gasteiger partial charge in [0.25, 0.3) is 5.56 Å². The predicted molar refractivity (Wildman–Crippen MR) is 69.9 cm³/mol. The Bertz CT molecular complexity index is 590. The van der Waals surface area contributed by atoms with Crippen molar-refractivity contribution in [1.29, 1.82) is 0 Å². The van der Waals surface area contributed by atoms with Crippen LogP contribution >= 0.6 is 15.9 Å². The fourth-order valence-electron chi connectivity index (χ4n) is 1.47. The van der Waals surface area contributed by atoms with Crippen molar-refractivity contribution in [3.63, 3.8) is 0 Å². The highest BCUT2D eigenvalue weighted by atomic mass is 79.9. The zero-order valence-corrected chi connectivity index (χ0v) is 11.2. The number of rotatable bonds is 2. The van der Waals surface area contributed by atoms with Gasteiger partial charge in [-0.1, -0.05) is 13.0 Å². The molecule has 0 amide bonds. The Morgan fingerprint density at radius 2 is 2.18 bits per heavy atom. The molecule has 17 heavy (non-hydrogen) atoms. The first-order valence-electron chi connectivity index (χ1n) is 5.33. The van der Waals surface area contributed by atoms with Crippen molar-refractivity contribution < 1.29 is 0 Å². The lowest BCUT2D eigenvalue weighted by Gasteiger charge is -2.04. The molecular weight excluding hydrogens is 282 g/mol. The van der Waals surface area contributed by atoms with Crippen LogP contribution in [0, 0.1) is 6.92 Å². The first-order valence-corrected chi connectivity index (χ1v) is 6.13. The van der Waals surface area contributed by atoms with Crippen molar-refractivity contribution in [2.75, 3.05) is 0 Å². The fraction of sp³-hybridized carbons (Fsp3) is 0.250. The van der Waals surface area contributed by atoms with Crippen LogP contribution in [-0.4, -0.2) is 15.0 Å². The van der Waals surface area contributed by atoms with E-state index in [1.165, 1.54) is 0 Å². The van der Waals surface area contributed by atoms with E-state index < -0.39 is 0 Å². The highest BCUT2D eigenvalue weighted by molar-refractivity contribution is 9.10. The first-order chi connectivity index (χ1) is 8.11. The SMILES string of the molecule is CCc1nc(-c2ccc(C)cn2)[nH]c(=O)c1Br. The Morgan fingerprint density at radius 3 is 2.76 bits per heavy atom. The van der Waals surface area contributed by atoms with Gasteiger partial charge >= 0.3 is 0 Å². The van der Waals surface area contributed by atoms with Crippen molar-refractivity contribution in [1.82, 2.24) is 15.0 Å². The van der Waals surface area contributed by atoms with Gasteiger partial charge in [-0.05, 0) is 40.9 Å². The normalized spacial score (nSPS) is 10.5. The third-order valence-electron chi connectivity index (χ3n) is 2.42. The van der Waals surface area contributed by atoms with Crippen LogP contribution in [0.15, 0.2) is 27.6 Å². The quantitative estimate of drug-likeness (QED) is 0.925. The van der Waals surface area contributed by atoms with Gasteiger partial charge in [0.15, 0.2) is 5.82 Å². The van der Waals surface area contributed by atoms with Gasteiger partial charge < -0.3 is 4.98 Å². The average molecular weight is 294 g/mol. The van der Waals surface area contributed by atoms with Gasteiger partial charge in [-0.25, -0.2) is 4.98 Å². The zero-order chi connectivity index (χ0) is 12.4. The molecule has 0 aromatic carbocycles. The maximum Gasteiger partial charge on any atom is 0.265 e. The molecule has 0 unspecified atom stereocenters. The summed E-state index contributed by atoms with van der Waals surface area (Å²) in [5.74, 6) is 0.509. The third-order valence-corrected chi connectivity index (χ3v) is 3.24. The minimum atomic E-state index is -0.172. The number of pyridine rings is 1. The molecule has 0 bridgehead atoms. The van der Waals surface area contributed by atoms with Gasteiger partial charge in [0.1, 0.15) is 10.2 Å². The second-order valence-electron chi connectivity index (χ2n) is 3.75. The number of hydrogen-bond donors (Lipinski definition) is 1. The van der Waals surface area contributed by atoms with Crippen LogP contribution in [0.3, 0.4) is 0 Å². The van der Waals surface area contributed by atoms with Crippen LogP contribution in [0.25, 0.3) is 11.5 Å². The number of hydrogen-bond acceptors (Lipinski definition) is 3. The summed E-state index contributed by atoms with van der Waals surface area (Å²) in [6.07, 6.45) is 2.45. The van der Waals surface area contributed by atoms with Crippen molar-refractivity contribution >= 4 is 15.9 Å². The Labute approximate surface area is 107 Å². The summed E-state index contributed by atoms with van der Waals surface area (Å²) in [6.45, 7) is 3.92. The Hall–Kier alpha value is -1.49. The maximum absolute atomic E-state index is 11.7. The number of aryl methyl sites for hydroxylation is 2. The summed E-state index contributed by atoms with van der Waals surface area (Å²) >= 11 is 3.23. The molecule has 0 aliphatic rings. The molecular formula is C12H12BrN3O. The van der Waals surface area contributed by atoms with Crippen LogP contribution in [0.2, 0.25) is 0 Å². The lowest BCUT2D eigenvalue weighted by Crippen LogP contribution is -2.13. The Kier molecular flexibility index (Phi) is 3.38. The zero-order valence-electron chi connectivity index (χ0n) is 9.62. The largest absolute Gasteiger partial charge is 0.304 e. The van der Waals surface area contributed by atoms with E-state index in [9.17, 15) is 4.79 Å². The Balaban J connectivity index is 2.56. The topological polar surface area (TPSA) is 58.6 Å². The van der Waals surface area contributed by atoms with E-state index in [0.717, 1.165) is 11.3 Å². The molecule has 0 aliphatic carbocycles.